The SMILES string of the molecule is C[C@]12CC[C@H](O[N+](=O)[O-])C[C@@H]1CC[C@@H]1[C@@H]2CC[C@]2(C)[C@@H](C3=CC(=O)OC3)CC[C@@]12O. The molecule has 1 aliphatic heterocycles. The van der Waals surface area contributed by atoms with E-state index in [0.717, 1.165) is 63.4 Å². The first-order valence-electron chi connectivity index (χ1n) is 11.6. The molecule has 1 N–H and O–H groups in total. The molecule has 0 aromatic rings. The zero-order chi connectivity index (χ0) is 21.3. The van der Waals surface area contributed by atoms with Crippen molar-refractivity contribution in [2.24, 2.45) is 34.5 Å². The van der Waals surface area contributed by atoms with Gasteiger partial charge in [-0.3, -0.25) is 0 Å². The highest BCUT2D eigenvalue weighted by Gasteiger charge is 2.67. The van der Waals surface area contributed by atoms with Crippen molar-refractivity contribution in [1.29, 1.82) is 0 Å². The Kier molecular flexibility index (Phi) is 4.52. The second kappa shape index (κ2) is 6.68. The molecule has 0 aromatic heterocycles. The molecule has 4 saturated carbocycles. The minimum Gasteiger partial charge on any atom is -0.458 e. The third-order valence-electron chi connectivity index (χ3n) is 10.2. The number of nitrogens with zero attached hydrogens (tertiary/aromatic N) is 1. The van der Waals surface area contributed by atoms with Gasteiger partial charge in [0.15, 0.2) is 0 Å². The monoisotopic (exact) mass is 419 g/mol. The summed E-state index contributed by atoms with van der Waals surface area (Å²) in [5, 5.41) is 22.3. The number of hydrogen-bond acceptors (Lipinski definition) is 6. The maximum atomic E-state index is 12.2. The third-order valence-corrected chi connectivity index (χ3v) is 10.2. The summed E-state index contributed by atoms with van der Waals surface area (Å²) in [5.74, 6) is 1.09. The summed E-state index contributed by atoms with van der Waals surface area (Å²) in [5.41, 5.74) is 0.243. The van der Waals surface area contributed by atoms with E-state index in [1.807, 2.05) is 0 Å². The molecule has 0 aromatic carbocycles. The van der Waals surface area contributed by atoms with Crippen molar-refractivity contribution in [3.8, 4) is 0 Å². The second-order valence-corrected chi connectivity index (χ2v) is 11.0. The van der Waals surface area contributed by atoms with Crippen molar-refractivity contribution in [3.63, 3.8) is 0 Å². The van der Waals surface area contributed by atoms with Crippen LogP contribution in [0.3, 0.4) is 0 Å². The van der Waals surface area contributed by atoms with Crippen LogP contribution >= 0.6 is 0 Å². The molecule has 30 heavy (non-hydrogen) atoms. The van der Waals surface area contributed by atoms with Crippen LogP contribution in [0.2, 0.25) is 0 Å². The summed E-state index contributed by atoms with van der Waals surface area (Å²) in [4.78, 5) is 27.4. The summed E-state index contributed by atoms with van der Waals surface area (Å²) >= 11 is 0. The Morgan fingerprint density at radius 2 is 1.93 bits per heavy atom. The Labute approximate surface area is 177 Å². The van der Waals surface area contributed by atoms with Crippen LogP contribution in [0.5, 0.6) is 0 Å². The number of carbonyl (C=O) groups is 1. The number of carbonyl (C=O) groups excluding carboxylic acids is 1. The van der Waals surface area contributed by atoms with Crippen molar-refractivity contribution < 1.29 is 24.6 Å². The van der Waals surface area contributed by atoms with Crippen LogP contribution in [0.15, 0.2) is 11.6 Å². The molecular weight excluding hydrogens is 386 g/mol. The van der Waals surface area contributed by atoms with Gasteiger partial charge in [0.2, 0.25) is 0 Å². The lowest BCUT2D eigenvalue weighted by atomic mass is 9.43. The molecule has 5 rings (SSSR count). The summed E-state index contributed by atoms with van der Waals surface area (Å²) in [7, 11) is 0. The normalized spacial score (nSPS) is 50.0. The van der Waals surface area contributed by atoms with Gasteiger partial charge in [0.05, 0.1) is 5.60 Å². The van der Waals surface area contributed by atoms with Gasteiger partial charge in [-0.2, -0.15) is 0 Å². The van der Waals surface area contributed by atoms with E-state index < -0.39 is 10.7 Å². The molecule has 5 aliphatic rings. The van der Waals surface area contributed by atoms with Crippen LogP contribution in [0.4, 0.5) is 0 Å². The predicted molar refractivity (Wildman–Crippen MR) is 108 cm³/mol. The van der Waals surface area contributed by atoms with E-state index in [-0.39, 0.29) is 34.7 Å². The predicted octanol–water partition coefficient (Wildman–Crippen LogP) is 3.82. The first-order chi connectivity index (χ1) is 14.2. The zero-order valence-electron chi connectivity index (χ0n) is 18.0. The number of esters is 1. The van der Waals surface area contributed by atoms with Crippen LogP contribution in [-0.4, -0.2) is 34.5 Å². The number of rotatable bonds is 3. The molecule has 166 valence electrons. The van der Waals surface area contributed by atoms with Gasteiger partial charge in [0, 0.05) is 11.5 Å². The lowest BCUT2D eigenvalue weighted by Crippen LogP contribution is -2.62. The number of fused-ring (bicyclic) bond motifs is 5. The van der Waals surface area contributed by atoms with Gasteiger partial charge in [0.1, 0.15) is 12.7 Å². The number of ether oxygens (including phenoxy) is 1. The van der Waals surface area contributed by atoms with Crippen LogP contribution < -0.4 is 0 Å². The van der Waals surface area contributed by atoms with Gasteiger partial charge in [-0.1, -0.05) is 13.8 Å². The summed E-state index contributed by atoms with van der Waals surface area (Å²) < 4.78 is 5.19. The Morgan fingerprint density at radius 1 is 1.13 bits per heavy atom. The maximum Gasteiger partial charge on any atom is 0.331 e. The maximum absolute atomic E-state index is 12.2. The van der Waals surface area contributed by atoms with E-state index in [1.165, 1.54) is 0 Å². The van der Waals surface area contributed by atoms with Crippen molar-refractivity contribution in [1.82, 2.24) is 0 Å². The minimum atomic E-state index is -0.713. The fourth-order valence-electron chi connectivity index (χ4n) is 8.59. The highest BCUT2D eigenvalue weighted by molar-refractivity contribution is 5.85. The topological polar surface area (TPSA) is 98.9 Å². The fraction of sp³-hybridized carbons (Fsp3) is 0.870. The highest BCUT2D eigenvalue weighted by atomic mass is 17.0. The van der Waals surface area contributed by atoms with Crippen LogP contribution in [0, 0.1) is 44.6 Å². The molecule has 7 heteroatoms. The molecule has 0 amide bonds. The second-order valence-electron chi connectivity index (χ2n) is 11.0. The Balaban J connectivity index is 1.40. The minimum absolute atomic E-state index is 0.111. The van der Waals surface area contributed by atoms with Gasteiger partial charge in [-0.25, -0.2) is 4.79 Å². The molecule has 4 aliphatic carbocycles. The molecule has 4 fully saturated rings. The first kappa shape index (κ1) is 20.3. The van der Waals surface area contributed by atoms with Crippen molar-refractivity contribution in [3.05, 3.63) is 21.8 Å². The van der Waals surface area contributed by atoms with Crippen LogP contribution in [0.1, 0.15) is 71.6 Å². The standard InChI is InChI=1S/C23H33NO6/c1-21-8-5-16(30-24(27)28)12-15(21)3-4-19-18(21)6-9-22(2)17(7-10-23(19,22)26)14-11-20(25)29-13-14/h11,15-19,26H,3-10,12-13H2,1-2H3/t15-,16-,17+,18-,19+,21-,22+,23+/m0/s1. The fourth-order valence-corrected chi connectivity index (χ4v) is 8.59. The highest BCUT2D eigenvalue weighted by Crippen LogP contribution is 2.69. The average molecular weight is 420 g/mol. The average Bonchev–Trinajstić information content (AvgIpc) is 3.22. The molecule has 0 radical (unpaired) electrons. The van der Waals surface area contributed by atoms with E-state index in [2.05, 4.69) is 13.8 Å². The number of aliphatic hydroxyl groups is 1. The number of cyclic esters (lactones) is 1. The first-order valence-corrected chi connectivity index (χ1v) is 11.6. The third kappa shape index (κ3) is 2.69. The molecular formula is C23H33NO6. The largest absolute Gasteiger partial charge is 0.458 e. The lowest BCUT2D eigenvalue weighted by Gasteiger charge is -2.63. The van der Waals surface area contributed by atoms with E-state index >= 15 is 0 Å². The van der Waals surface area contributed by atoms with Crippen molar-refractivity contribution in [2.75, 3.05) is 6.61 Å². The van der Waals surface area contributed by atoms with E-state index in [9.17, 15) is 20.0 Å². The van der Waals surface area contributed by atoms with Crippen molar-refractivity contribution >= 4 is 5.97 Å². The summed E-state index contributed by atoms with van der Waals surface area (Å²) in [6.07, 6.45) is 9.50. The Morgan fingerprint density at radius 3 is 2.63 bits per heavy atom. The molecule has 0 unspecified atom stereocenters. The molecule has 0 saturated heterocycles. The Bertz CT molecular complexity index is 797. The molecule has 8 atom stereocenters. The number of hydrogen-bond donors (Lipinski definition) is 1. The quantitative estimate of drug-likeness (QED) is 0.424. The zero-order valence-corrected chi connectivity index (χ0v) is 18.0. The van der Waals surface area contributed by atoms with Crippen LogP contribution in [-0.2, 0) is 14.4 Å². The van der Waals surface area contributed by atoms with Crippen molar-refractivity contribution in [2.45, 2.75) is 83.3 Å². The summed E-state index contributed by atoms with van der Waals surface area (Å²) in [6, 6.07) is 0. The van der Waals surface area contributed by atoms with Gasteiger partial charge < -0.3 is 14.7 Å². The van der Waals surface area contributed by atoms with Crippen LogP contribution in [0.25, 0.3) is 0 Å². The lowest BCUT2D eigenvalue weighted by molar-refractivity contribution is -0.770. The van der Waals surface area contributed by atoms with Gasteiger partial charge >= 0.3 is 5.97 Å². The van der Waals surface area contributed by atoms with E-state index in [1.54, 1.807) is 6.08 Å². The Hall–Kier alpha value is -1.63. The summed E-state index contributed by atoms with van der Waals surface area (Å²) in [6.45, 7) is 4.98. The van der Waals surface area contributed by atoms with Gasteiger partial charge in [0.25, 0.3) is 5.09 Å². The van der Waals surface area contributed by atoms with E-state index in [4.69, 9.17) is 9.57 Å². The molecule has 0 bridgehead atoms. The molecule has 1 heterocycles. The van der Waals surface area contributed by atoms with Gasteiger partial charge in [-0.05, 0) is 92.4 Å². The smallest absolute Gasteiger partial charge is 0.331 e. The molecule has 7 nitrogen and oxygen atoms in total. The van der Waals surface area contributed by atoms with E-state index in [0.29, 0.717) is 18.4 Å². The molecule has 0 spiro atoms. The van der Waals surface area contributed by atoms with Gasteiger partial charge in [-0.15, -0.1) is 10.1 Å².